The van der Waals surface area contributed by atoms with Gasteiger partial charge < -0.3 is 0 Å². The van der Waals surface area contributed by atoms with E-state index in [4.69, 9.17) is 0 Å². The Kier molecular flexibility index (Phi) is 14.0. The molecule has 0 aromatic heterocycles. The second-order valence-corrected chi connectivity index (χ2v) is 7.28. The molecule has 2 unspecified atom stereocenters. The molecular formula is C20H42. The van der Waals surface area contributed by atoms with Crippen LogP contribution in [0, 0.1) is 17.8 Å². The van der Waals surface area contributed by atoms with Gasteiger partial charge in [-0.2, -0.15) is 0 Å². The minimum atomic E-state index is 0.932. The Bertz CT molecular complexity index is 178. The summed E-state index contributed by atoms with van der Waals surface area (Å²) in [6.07, 6.45) is 17.3. The van der Waals surface area contributed by atoms with Crippen molar-refractivity contribution in [1.82, 2.24) is 0 Å². The summed E-state index contributed by atoms with van der Waals surface area (Å²) in [7, 11) is 0. The van der Waals surface area contributed by atoms with E-state index in [1.165, 1.54) is 77.0 Å². The molecule has 0 saturated carbocycles. The molecule has 0 fully saturated rings. The maximum atomic E-state index is 2.46. The Morgan fingerprint density at radius 1 is 0.550 bits per heavy atom. The Labute approximate surface area is 130 Å². The van der Waals surface area contributed by atoms with Gasteiger partial charge in [0.25, 0.3) is 0 Å². The second kappa shape index (κ2) is 14.0. The predicted octanol–water partition coefficient (Wildman–Crippen LogP) is 7.62. The fourth-order valence-electron chi connectivity index (χ4n) is 3.27. The van der Waals surface area contributed by atoms with Gasteiger partial charge in [0.05, 0.1) is 0 Å². The van der Waals surface area contributed by atoms with Gasteiger partial charge in [-0.3, -0.25) is 0 Å². The molecule has 0 spiro atoms. The zero-order chi connectivity index (χ0) is 15.2. The third-order valence-corrected chi connectivity index (χ3v) is 5.05. The Hall–Kier alpha value is 0. The first-order valence-corrected chi connectivity index (χ1v) is 9.63. The lowest BCUT2D eigenvalue weighted by molar-refractivity contribution is 0.371. The summed E-state index contributed by atoms with van der Waals surface area (Å²) in [6, 6.07) is 0. The van der Waals surface area contributed by atoms with Crippen LogP contribution in [0.15, 0.2) is 0 Å². The molecule has 0 bridgehead atoms. The zero-order valence-electron chi connectivity index (χ0n) is 15.2. The fraction of sp³-hybridized carbons (Fsp3) is 1.00. The van der Waals surface area contributed by atoms with Crippen molar-refractivity contribution in [3.05, 3.63) is 0 Å². The summed E-state index contributed by atoms with van der Waals surface area (Å²) in [5.41, 5.74) is 0. The van der Waals surface area contributed by atoms with E-state index in [1.54, 1.807) is 0 Å². The van der Waals surface area contributed by atoms with E-state index in [-0.39, 0.29) is 0 Å². The van der Waals surface area contributed by atoms with E-state index in [9.17, 15) is 0 Å². The molecule has 0 aliphatic rings. The lowest BCUT2D eigenvalue weighted by Crippen LogP contribution is -2.01. The Morgan fingerprint density at radius 2 is 1.10 bits per heavy atom. The Morgan fingerprint density at radius 3 is 1.65 bits per heavy atom. The van der Waals surface area contributed by atoms with Crippen molar-refractivity contribution in [3.63, 3.8) is 0 Å². The third kappa shape index (κ3) is 11.8. The first-order valence-electron chi connectivity index (χ1n) is 9.63. The molecule has 0 N–H and O–H groups in total. The van der Waals surface area contributed by atoms with Crippen LogP contribution in [0.25, 0.3) is 0 Å². The summed E-state index contributed by atoms with van der Waals surface area (Å²) in [5.74, 6) is 2.90. The van der Waals surface area contributed by atoms with Gasteiger partial charge in [-0.15, -0.1) is 0 Å². The lowest BCUT2D eigenvalue weighted by Gasteiger charge is -2.16. The maximum absolute atomic E-state index is 2.46. The van der Waals surface area contributed by atoms with Crippen molar-refractivity contribution < 1.29 is 0 Å². The number of rotatable bonds is 14. The first kappa shape index (κ1) is 20.0. The monoisotopic (exact) mass is 282 g/mol. The van der Waals surface area contributed by atoms with Crippen molar-refractivity contribution in [2.24, 2.45) is 17.8 Å². The molecule has 0 rings (SSSR count). The van der Waals surface area contributed by atoms with Crippen molar-refractivity contribution >= 4 is 0 Å². The van der Waals surface area contributed by atoms with Crippen molar-refractivity contribution in [1.29, 1.82) is 0 Å². The Balaban J connectivity index is 3.49. The van der Waals surface area contributed by atoms with Crippen LogP contribution >= 0.6 is 0 Å². The molecule has 122 valence electrons. The van der Waals surface area contributed by atoms with Gasteiger partial charge in [0.15, 0.2) is 0 Å². The SMILES string of the molecule is CCCC(CCC)CCCCCC(C)CCC(C)CC. The van der Waals surface area contributed by atoms with Crippen LogP contribution < -0.4 is 0 Å². The van der Waals surface area contributed by atoms with Gasteiger partial charge in [0.1, 0.15) is 0 Å². The average Bonchev–Trinajstić information content (AvgIpc) is 2.44. The van der Waals surface area contributed by atoms with Crippen molar-refractivity contribution in [2.75, 3.05) is 0 Å². The van der Waals surface area contributed by atoms with E-state index in [1.807, 2.05) is 0 Å². The highest BCUT2D eigenvalue weighted by Crippen LogP contribution is 2.23. The summed E-state index contributed by atoms with van der Waals surface area (Å²) < 4.78 is 0. The van der Waals surface area contributed by atoms with E-state index >= 15 is 0 Å². The molecule has 0 saturated heterocycles. The molecule has 0 aromatic rings. The molecule has 2 atom stereocenters. The van der Waals surface area contributed by atoms with Crippen LogP contribution in [0.5, 0.6) is 0 Å². The standard InChI is InChI=1S/C20H42/c1-6-12-20(13-7-2)15-11-9-10-14-19(5)17-16-18(4)8-3/h18-20H,6-17H2,1-5H3. The van der Waals surface area contributed by atoms with Crippen molar-refractivity contribution in [3.8, 4) is 0 Å². The van der Waals surface area contributed by atoms with E-state index in [0.29, 0.717) is 0 Å². The lowest BCUT2D eigenvalue weighted by atomic mass is 9.90. The predicted molar refractivity (Wildman–Crippen MR) is 94.2 cm³/mol. The topological polar surface area (TPSA) is 0 Å². The van der Waals surface area contributed by atoms with Gasteiger partial charge in [-0.1, -0.05) is 112 Å². The molecule has 0 heteroatoms. The summed E-state index contributed by atoms with van der Waals surface area (Å²) in [5, 5.41) is 0. The molecule has 0 aromatic carbocycles. The quantitative estimate of drug-likeness (QED) is 0.287. The molecular weight excluding hydrogens is 240 g/mol. The number of unbranched alkanes of at least 4 members (excludes halogenated alkanes) is 2. The zero-order valence-corrected chi connectivity index (χ0v) is 15.2. The highest BCUT2D eigenvalue weighted by atomic mass is 14.1. The summed E-state index contributed by atoms with van der Waals surface area (Å²) in [6.45, 7) is 11.8. The van der Waals surface area contributed by atoms with Crippen LogP contribution in [0.1, 0.15) is 112 Å². The minimum Gasteiger partial charge on any atom is -0.0654 e. The van der Waals surface area contributed by atoms with Gasteiger partial charge in [-0.05, 0) is 17.8 Å². The number of hydrogen-bond acceptors (Lipinski definition) is 0. The minimum absolute atomic E-state index is 0.932. The number of hydrogen-bond donors (Lipinski definition) is 0. The molecule has 0 nitrogen and oxygen atoms in total. The largest absolute Gasteiger partial charge is 0.0654 e. The molecule has 0 heterocycles. The molecule has 0 amide bonds. The maximum Gasteiger partial charge on any atom is -0.0414 e. The molecule has 20 heavy (non-hydrogen) atoms. The fourth-order valence-corrected chi connectivity index (χ4v) is 3.27. The van der Waals surface area contributed by atoms with Gasteiger partial charge in [0, 0.05) is 0 Å². The van der Waals surface area contributed by atoms with Crippen LogP contribution in [-0.2, 0) is 0 Å². The van der Waals surface area contributed by atoms with E-state index in [2.05, 4.69) is 34.6 Å². The van der Waals surface area contributed by atoms with Gasteiger partial charge in [-0.25, -0.2) is 0 Å². The van der Waals surface area contributed by atoms with E-state index in [0.717, 1.165) is 17.8 Å². The molecule has 0 aliphatic carbocycles. The van der Waals surface area contributed by atoms with Crippen LogP contribution in [-0.4, -0.2) is 0 Å². The van der Waals surface area contributed by atoms with Gasteiger partial charge in [0.2, 0.25) is 0 Å². The second-order valence-electron chi connectivity index (χ2n) is 7.28. The van der Waals surface area contributed by atoms with E-state index < -0.39 is 0 Å². The summed E-state index contributed by atoms with van der Waals surface area (Å²) >= 11 is 0. The molecule has 0 aliphatic heterocycles. The first-order chi connectivity index (χ1) is 9.63. The smallest absolute Gasteiger partial charge is 0.0414 e. The highest BCUT2D eigenvalue weighted by Gasteiger charge is 2.08. The van der Waals surface area contributed by atoms with Crippen LogP contribution in [0.4, 0.5) is 0 Å². The summed E-state index contributed by atoms with van der Waals surface area (Å²) in [4.78, 5) is 0. The molecule has 0 radical (unpaired) electrons. The normalized spacial score (nSPS) is 14.7. The average molecular weight is 283 g/mol. The third-order valence-electron chi connectivity index (χ3n) is 5.05. The highest BCUT2D eigenvalue weighted by molar-refractivity contribution is 4.61. The van der Waals surface area contributed by atoms with Crippen molar-refractivity contribution in [2.45, 2.75) is 112 Å². The van der Waals surface area contributed by atoms with Crippen LogP contribution in [0.2, 0.25) is 0 Å². The van der Waals surface area contributed by atoms with Gasteiger partial charge >= 0.3 is 0 Å². The van der Waals surface area contributed by atoms with Crippen LogP contribution in [0.3, 0.4) is 0 Å².